The summed E-state index contributed by atoms with van der Waals surface area (Å²) < 4.78 is 5.39. The SMILES string of the molecule is CN(CC1CCCOC1)C(=O)Nc1sccc1C(=O)O. The third-order valence-electron chi connectivity index (χ3n) is 3.25. The summed E-state index contributed by atoms with van der Waals surface area (Å²) in [5.41, 5.74) is 0.123. The van der Waals surface area contributed by atoms with Gasteiger partial charge in [0.25, 0.3) is 0 Å². The number of ether oxygens (including phenoxy) is 1. The van der Waals surface area contributed by atoms with Crippen LogP contribution in [0.2, 0.25) is 0 Å². The van der Waals surface area contributed by atoms with Gasteiger partial charge in [0.2, 0.25) is 0 Å². The van der Waals surface area contributed by atoms with Gasteiger partial charge in [0, 0.05) is 26.1 Å². The van der Waals surface area contributed by atoms with Crippen molar-refractivity contribution in [3.05, 3.63) is 17.0 Å². The van der Waals surface area contributed by atoms with Crippen molar-refractivity contribution in [3.8, 4) is 0 Å². The van der Waals surface area contributed by atoms with Crippen molar-refractivity contribution in [2.75, 3.05) is 32.1 Å². The Morgan fingerprint density at radius 2 is 2.40 bits per heavy atom. The molecule has 1 fully saturated rings. The summed E-state index contributed by atoms with van der Waals surface area (Å²) in [4.78, 5) is 24.6. The Kier molecular flexibility index (Phi) is 4.97. The highest BCUT2D eigenvalue weighted by atomic mass is 32.1. The van der Waals surface area contributed by atoms with Crippen LogP contribution in [0.3, 0.4) is 0 Å². The first-order valence-electron chi connectivity index (χ1n) is 6.48. The van der Waals surface area contributed by atoms with Gasteiger partial charge in [-0.2, -0.15) is 0 Å². The Bertz CT molecular complexity index is 482. The average Bonchev–Trinajstić information content (AvgIpc) is 2.88. The van der Waals surface area contributed by atoms with Crippen molar-refractivity contribution in [2.24, 2.45) is 5.92 Å². The van der Waals surface area contributed by atoms with Gasteiger partial charge in [-0.15, -0.1) is 11.3 Å². The second-order valence-corrected chi connectivity index (χ2v) is 5.78. The van der Waals surface area contributed by atoms with Crippen molar-refractivity contribution in [1.29, 1.82) is 0 Å². The molecule has 1 saturated heterocycles. The van der Waals surface area contributed by atoms with Crippen molar-refractivity contribution in [3.63, 3.8) is 0 Å². The number of nitrogens with one attached hydrogen (secondary N) is 1. The highest BCUT2D eigenvalue weighted by Gasteiger charge is 2.20. The maximum absolute atomic E-state index is 12.0. The molecule has 0 spiro atoms. The number of rotatable bonds is 4. The first-order chi connectivity index (χ1) is 9.58. The third-order valence-corrected chi connectivity index (χ3v) is 4.08. The Morgan fingerprint density at radius 1 is 1.60 bits per heavy atom. The standard InChI is InChI=1S/C13H18N2O4S/c1-15(7-9-3-2-5-19-8-9)13(18)14-11-10(12(16)17)4-6-20-11/h4,6,9H,2-3,5,7-8H2,1H3,(H,14,18)(H,16,17). The molecule has 20 heavy (non-hydrogen) atoms. The molecule has 0 bridgehead atoms. The summed E-state index contributed by atoms with van der Waals surface area (Å²) in [5.74, 6) is -0.688. The molecule has 2 amide bonds. The van der Waals surface area contributed by atoms with E-state index in [0.717, 1.165) is 19.4 Å². The molecule has 7 heteroatoms. The van der Waals surface area contributed by atoms with Gasteiger partial charge in [-0.3, -0.25) is 5.32 Å². The maximum Gasteiger partial charge on any atom is 0.338 e. The zero-order chi connectivity index (χ0) is 14.5. The number of carboxylic acids is 1. The van der Waals surface area contributed by atoms with Gasteiger partial charge in [0.05, 0.1) is 12.2 Å². The van der Waals surface area contributed by atoms with E-state index in [4.69, 9.17) is 9.84 Å². The van der Waals surface area contributed by atoms with E-state index in [2.05, 4.69) is 5.32 Å². The molecule has 1 aliphatic rings. The monoisotopic (exact) mass is 298 g/mol. The van der Waals surface area contributed by atoms with E-state index < -0.39 is 5.97 Å². The minimum Gasteiger partial charge on any atom is -0.478 e. The molecule has 2 heterocycles. The molecule has 6 nitrogen and oxygen atoms in total. The van der Waals surface area contributed by atoms with E-state index in [-0.39, 0.29) is 11.6 Å². The van der Waals surface area contributed by atoms with Crippen LogP contribution < -0.4 is 5.32 Å². The minimum absolute atomic E-state index is 0.123. The van der Waals surface area contributed by atoms with Gasteiger partial charge in [-0.1, -0.05) is 0 Å². The van der Waals surface area contributed by atoms with Crippen molar-refractivity contribution in [2.45, 2.75) is 12.8 Å². The van der Waals surface area contributed by atoms with Crippen molar-refractivity contribution < 1.29 is 19.4 Å². The highest BCUT2D eigenvalue weighted by molar-refractivity contribution is 7.14. The predicted molar refractivity (Wildman–Crippen MR) is 76.5 cm³/mol. The maximum atomic E-state index is 12.0. The number of urea groups is 1. The number of hydrogen-bond donors (Lipinski definition) is 2. The van der Waals surface area contributed by atoms with E-state index in [1.807, 2.05) is 0 Å². The molecular formula is C13H18N2O4S. The molecule has 0 saturated carbocycles. The van der Waals surface area contributed by atoms with Crippen LogP contribution in [-0.4, -0.2) is 48.8 Å². The molecule has 0 aliphatic carbocycles. The number of amides is 2. The van der Waals surface area contributed by atoms with E-state index in [1.54, 1.807) is 17.3 Å². The zero-order valence-corrected chi connectivity index (χ0v) is 12.1. The number of carbonyl (C=O) groups excluding carboxylic acids is 1. The highest BCUT2D eigenvalue weighted by Crippen LogP contribution is 2.23. The molecule has 1 unspecified atom stereocenters. The Morgan fingerprint density at radius 3 is 3.05 bits per heavy atom. The molecule has 2 rings (SSSR count). The lowest BCUT2D eigenvalue weighted by atomic mass is 10.0. The Labute approximate surface area is 121 Å². The van der Waals surface area contributed by atoms with Gasteiger partial charge in [-0.25, -0.2) is 9.59 Å². The van der Waals surface area contributed by atoms with Gasteiger partial charge < -0.3 is 14.7 Å². The summed E-state index contributed by atoms with van der Waals surface area (Å²) in [5, 5.41) is 13.7. The summed E-state index contributed by atoms with van der Waals surface area (Å²) in [6.45, 7) is 2.08. The lowest BCUT2D eigenvalue weighted by Gasteiger charge is -2.27. The van der Waals surface area contributed by atoms with Crippen LogP contribution in [0, 0.1) is 5.92 Å². The van der Waals surface area contributed by atoms with Crippen LogP contribution in [0.4, 0.5) is 9.80 Å². The predicted octanol–water partition coefficient (Wildman–Crippen LogP) is 2.34. The van der Waals surface area contributed by atoms with Gasteiger partial charge in [0.1, 0.15) is 5.00 Å². The van der Waals surface area contributed by atoms with Crippen LogP contribution >= 0.6 is 11.3 Å². The number of anilines is 1. The van der Waals surface area contributed by atoms with E-state index >= 15 is 0 Å². The molecular weight excluding hydrogens is 280 g/mol. The smallest absolute Gasteiger partial charge is 0.338 e. The van der Waals surface area contributed by atoms with E-state index in [9.17, 15) is 9.59 Å². The number of thiophene rings is 1. The molecule has 110 valence electrons. The molecule has 1 aliphatic heterocycles. The Balaban J connectivity index is 1.90. The zero-order valence-electron chi connectivity index (χ0n) is 11.3. The van der Waals surface area contributed by atoms with Gasteiger partial charge >= 0.3 is 12.0 Å². The molecule has 1 aromatic heterocycles. The second-order valence-electron chi connectivity index (χ2n) is 4.86. The topological polar surface area (TPSA) is 78.9 Å². The lowest BCUT2D eigenvalue weighted by molar-refractivity contribution is 0.0464. The normalized spacial score (nSPS) is 18.6. The van der Waals surface area contributed by atoms with Gasteiger partial charge in [0.15, 0.2) is 0 Å². The first-order valence-corrected chi connectivity index (χ1v) is 7.36. The molecule has 0 aromatic carbocycles. The summed E-state index contributed by atoms with van der Waals surface area (Å²) in [6, 6.07) is 1.19. The lowest BCUT2D eigenvalue weighted by Crippen LogP contribution is -2.37. The van der Waals surface area contributed by atoms with Crippen LogP contribution in [0.15, 0.2) is 11.4 Å². The van der Waals surface area contributed by atoms with Crippen molar-refractivity contribution >= 4 is 28.3 Å². The van der Waals surface area contributed by atoms with Crippen LogP contribution in [0.1, 0.15) is 23.2 Å². The quantitative estimate of drug-likeness (QED) is 0.894. The van der Waals surface area contributed by atoms with Crippen LogP contribution in [-0.2, 0) is 4.74 Å². The Hall–Kier alpha value is -1.60. The number of carboxylic acid groups (broad SMARTS) is 1. The molecule has 2 N–H and O–H groups in total. The second kappa shape index (κ2) is 6.71. The average molecular weight is 298 g/mol. The number of nitrogens with zero attached hydrogens (tertiary/aromatic N) is 1. The molecule has 0 radical (unpaired) electrons. The summed E-state index contributed by atoms with van der Waals surface area (Å²) >= 11 is 1.21. The van der Waals surface area contributed by atoms with Crippen LogP contribution in [0.25, 0.3) is 0 Å². The number of hydrogen-bond acceptors (Lipinski definition) is 4. The fraction of sp³-hybridized carbons (Fsp3) is 0.538. The first kappa shape index (κ1) is 14.8. The van der Waals surface area contributed by atoms with Crippen molar-refractivity contribution in [1.82, 2.24) is 4.90 Å². The molecule has 1 aromatic rings. The largest absolute Gasteiger partial charge is 0.478 e. The van der Waals surface area contributed by atoms with E-state index in [1.165, 1.54) is 17.4 Å². The minimum atomic E-state index is -1.04. The van der Waals surface area contributed by atoms with Gasteiger partial charge in [-0.05, 0) is 24.3 Å². The van der Waals surface area contributed by atoms with E-state index in [0.29, 0.717) is 24.1 Å². The van der Waals surface area contributed by atoms with Crippen LogP contribution in [0.5, 0.6) is 0 Å². The number of carbonyl (C=O) groups is 2. The number of aromatic carboxylic acids is 1. The third kappa shape index (κ3) is 3.71. The fourth-order valence-corrected chi connectivity index (χ4v) is 2.96. The fourth-order valence-electron chi connectivity index (χ4n) is 2.19. The molecule has 1 atom stereocenters. The summed E-state index contributed by atoms with van der Waals surface area (Å²) in [6.07, 6.45) is 2.07. The summed E-state index contributed by atoms with van der Waals surface area (Å²) in [7, 11) is 1.71.